The normalized spacial score (nSPS) is 11.8. The fourth-order valence-electron chi connectivity index (χ4n) is 6.05. The van der Waals surface area contributed by atoms with E-state index < -0.39 is 0 Å². The summed E-state index contributed by atoms with van der Waals surface area (Å²) < 4.78 is 2.69. The van der Waals surface area contributed by atoms with E-state index in [1.165, 1.54) is 74.7 Å². The highest BCUT2D eigenvalue weighted by Gasteiger charge is 2.18. The molecule has 0 radical (unpaired) electrons. The molecule has 0 unspecified atom stereocenters. The average Bonchev–Trinajstić information content (AvgIpc) is 3.32. The van der Waals surface area contributed by atoms with Crippen LogP contribution in [0.4, 0.5) is 0 Å². The van der Waals surface area contributed by atoms with Crippen LogP contribution >= 0.6 is 11.3 Å². The first-order chi connectivity index (χ1) is 18.4. The Morgan fingerprint density at radius 3 is 1.65 bits per heavy atom. The third kappa shape index (κ3) is 3.08. The predicted molar refractivity (Wildman–Crippen MR) is 163 cm³/mol. The Hall–Kier alpha value is -4.46. The zero-order valence-corrected chi connectivity index (χ0v) is 20.9. The number of hydrogen-bond donors (Lipinski definition) is 0. The van der Waals surface area contributed by atoms with E-state index in [0.717, 1.165) is 0 Å². The van der Waals surface area contributed by atoms with Crippen molar-refractivity contribution < 1.29 is 0 Å². The molecule has 8 rings (SSSR count). The van der Waals surface area contributed by atoms with Gasteiger partial charge in [0.2, 0.25) is 0 Å². The van der Waals surface area contributed by atoms with Gasteiger partial charge in [-0.25, -0.2) is 0 Å². The molecule has 0 atom stereocenters. The molecule has 0 spiro atoms. The molecule has 8 aromatic rings. The lowest BCUT2D eigenvalue weighted by atomic mass is 9.84. The highest BCUT2D eigenvalue weighted by atomic mass is 32.1. The first kappa shape index (κ1) is 20.7. The lowest BCUT2D eigenvalue weighted by Crippen LogP contribution is -1.91. The second-order valence-electron chi connectivity index (χ2n) is 9.68. The number of benzene rings is 7. The van der Waals surface area contributed by atoms with Gasteiger partial charge in [0.25, 0.3) is 0 Å². The standard InChI is InChI=1S/C36H22S/c1-2-11-23(12-3-1)35-26-15-4-6-17-28(26)36(29-18-7-5-16-27(29)35)30-19-10-13-24-21-32-25-14-8-9-20-33(25)37-34(32)22-31(24)30/h1-22H. The van der Waals surface area contributed by atoms with Crippen LogP contribution < -0.4 is 0 Å². The first-order valence-corrected chi connectivity index (χ1v) is 13.5. The summed E-state index contributed by atoms with van der Waals surface area (Å²) in [6.07, 6.45) is 0. The van der Waals surface area contributed by atoms with E-state index in [4.69, 9.17) is 0 Å². The molecule has 0 nitrogen and oxygen atoms in total. The Morgan fingerprint density at radius 2 is 0.946 bits per heavy atom. The molecular formula is C36H22S. The highest BCUT2D eigenvalue weighted by molar-refractivity contribution is 7.25. The van der Waals surface area contributed by atoms with E-state index in [0.29, 0.717) is 0 Å². The summed E-state index contributed by atoms with van der Waals surface area (Å²) in [5, 5.41) is 10.5. The summed E-state index contributed by atoms with van der Waals surface area (Å²) in [5.41, 5.74) is 5.18. The Balaban J connectivity index is 1.53. The van der Waals surface area contributed by atoms with Crippen LogP contribution in [-0.2, 0) is 0 Å². The molecule has 172 valence electrons. The van der Waals surface area contributed by atoms with Gasteiger partial charge < -0.3 is 0 Å². The molecule has 1 heteroatoms. The van der Waals surface area contributed by atoms with Gasteiger partial charge in [-0.05, 0) is 72.8 Å². The maximum Gasteiger partial charge on any atom is 0.0362 e. The molecule has 1 aromatic heterocycles. The maximum atomic E-state index is 2.42. The summed E-state index contributed by atoms with van der Waals surface area (Å²) in [7, 11) is 0. The lowest BCUT2D eigenvalue weighted by Gasteiger charge is -2.18. The molecule has 0 saturated heterocycles. The van der Waals surface area contributed by atoms with E-state index in [2.05, 4.69) is 133 Å². The maximum absolute atomic E-state index is 2.42. The van der Waals surface area contributed by atoms with Crippen molar-refractivity contribution in [2.75, 3.05) is 0 Å². The van der Waals surface area contributed by atoms with Crippen molar-refractivity contribution in [1.29, 1.82) is 0 Å². The van der Waals surface area contributed by atoms with Crippen molar-refractivity contribution in [2.24, 2.45) is 0 Å². The number of thiophene rings is 1. The highest BCUT2D eigenvalue weighted by Crippen LogP contribution is 2.46. The number of fused-ring (bicyclic) bond motifs is 6. The van der Waals surface area contributed by atoms with Crippen LogP contribution in [0.25, 0.3) is 74.7 Å². The summed E-state index contributed by atoms with van der Waals surface area (Å²) in [6, 6.07) is 48.9. The lowest BCUT2D eigenvalue weighted by molar-refractivity contribution is 1.66. The van der Waals surface area contributed by atoms with Gasteiger partial charge in [0, 0.05) is 20.2 Å². The molecule has 7 aromatic carbocycles. The summed E-state index contributed by atoms with van der Waals surface area (Å²) in [5.74, 6) is 0. The molecule has 37 heavy (non-hydrogen) atoms. The van der Waals surface area contributed by atoms with Gasteiger partial charge in [0.1, 0.15) is 0 Å². The van der Waals surface area contributed by atoms with Gasteiger partial charge in [0.15, 0.2) is 0 Å². The molecule has 0 N–H and O–H groups in total. The van der Waals surface area contributed by atoms with E-state index >= 15 is 0 Å². The van der Waals surface area contributed by atoms with Gasteiger partial charge in [-0.15, -0.1) is 11.3 Å². The zero-order valence-electron chi connectivity index (χ0n) is 20.1. The van der Waals surface area contributed by atoms with Gasteiger partial charge in [-0.3, -0.25) is 0 Å². The van der Waals surface area contributed by atoms with Crippen LogP contribution in [0.1, 0.15) is 0 Å². The van der Waals surface area contributed by atoms with Crippen molar-refractivity contribution >= 4 is 63.8 Å². The van der Waals surface area contributed by atoms with Gasteiger partial charge in [0.05, 0.1) is 0 Å². The summed E-state index contributed by atoms with van der Waals surface area (Å²) in [6.45, 7) is 0. The van der Waals surface area contributed by atoms with Crippen LogP contribution in [-0.4, -0.2) is 0 Å². The third-order valence-electron chi connectivity index (χ3n) is 7.64. The van der Waals surface area contributed by atoms with Crippen molar-refractivity contribution in [3.8, 4) is 22.3 Å². The van der Waals surface area contributed by atoms with E-state index in [9.17, 15) is 0 Å². The number of rotatable bonds is 2. The first-order valence-electron chi connectivity index (χ1n) is 12.7. The summed E-state index contributed by atoms with van der Waals surface area (Å²) >= 11 is 1.89. The monoisotopic (exact) mass is 486 g/mol. The fourth-order valence-corrected chi connectivity index (χ4v) is 7.18. The Labute approximate surface area is 219 Å². The minimum atomic E-state index is 1.26. The molecule has 1 heterocycles. The van der Waals surface area contributed by atoms with E-state index in [1.54, 1.807) is 0 Å². The zero-order chi connectivity index (χ0) is 24.3. The SMILES string of the molecule is c1ccc(-c2c3ccccc3c(-c3cccc4cc5c(cc34)sc3ccccc35)c3ccccc23)cc1. The van der Waals surface area contributed by atoms with Crippen LogP contribution in [0.15, 0.2) is 133 Å². The second kappa shape index (κ2) is 8.03. The van der Waals surface area contributed by atoms with Gasteiger partial charge in [-0.2, -0.15) is 0 Å². The fraction of sp³-hybridized carbons (Fsp3) is 0. The van der Waals surface area contributed by atoms with Crippen LogP contribution in [0.5, 0.6) is 0 Å². The molecule has 0 saturated carbocycles. The molecular weight excluding hydrogens is 464 g/mol. The number of hydrogen-bond acceptors (Lipinski definition) is 1. The molecule has 0 amide bonds. The van der Waals surface area contributed by atoms with Crippen molar-refractivity contribution in [1.82, 2.24) is 0 Å². The predicted octanol–water partition coefficient (Wildman–Crippen LogP) is 10.8. The minimum absolute atomic E-state index is 1.26. The average molecular weight is 487 g/mol. The van der Waals surface area contributed by atoms with Crippen molar-refractivity contribution in [3.05, 3.63) is 133 Å². The van der Waals surface area contributed by atoms with Crippen LogP contribution in [0, 0.1) is 0 Å². The minimum Gasteiger partial charge on any atom is -0.135 e. The largest absolute Gasteiger partial charge is 0.135 e. The smallest absolute Gasteiger partial charge is 0.0362 e. The third-order valence-corrected chi connectivity index (χ3v) is 8.77. The molecule has 0 fully saturated rings. The quantitative estimate of drug-likeness (QED) is 0.213. The summed E-state index contributed by atoms with van der Waals surface area (Å²) in [4.78, 5) is 0. The topological polar surface area (TPSA) is 0 Å². The molecule has 0 bridgehead atoms. The Bertz CT molecular complexity index is 2070. The van der Waals surface area contributed by atoms with Crippen molar-refractivity contribution in [2.45, 2.75) is 0 Å². The van der Waals surface area contributed by atoms with Crippen LogP contribution in [0.3, 0.4) is 0 Å². The van der Waals surface area contributed by atoms with E-state index in [-0.39, 0.29) is 0 Å². The van der Waals surface area contributed by atoms with Gasteiger partial charge in [-0.1, -0.05) is 115 Å². The molecule has 0 aliphatic carbocycles. The molecule has 0 aliphatic rings. The van der Waals surface area contributed by atoms with E-state index in [1.807, 2.05) is 11.3 Å². The van der Waals surface area contributed by atoms with Gasteiger partial charge >= 0.3 is 0 Å². The van der Waals surface area contributed by atoms with Crippen molar-refractivity contribution in [3.63, 3.8) is 0 Å². The van der Waals surface area contributed by atoms with Crippen LogP contribution in [0.2, 0.25) is 0 Å². The second-order valence-corrected chi connectivity index (χ2v) is 10.8. The molecule has 0 aliphatic heterocycles. The Kier molecular flexibility index (Phi) is 4.49. The Morgan fingerprint density at radius 1 is 0.351 bits per heavy atom.